The molecule has 0 atom stereocenters. The van der Waals surface area contributed by atoms with Crippen LogP contribution in [0.1, 0.15) is 18.9 Å². The van der Waals surface area contributed by atoms with Crippen molar-refractivity contribution in [2.75, 3.05) is 44.3 Å². The second kappa shape index (κ2) is 9.13. The molecule has 0 aliphatic carbocycles. The van der Waals surface area contributed by atoms with Crippen molar-refractivity contribution in [1.82, 2.24) is 19.2 Å². The fraction of sp³-hybridized carbons (Fsp3) is 0.526. The fourth-order valence-electron chi connectivity index (χ4n) is 3.10. The first-order chi connectivity index (χ1) is 13.1. The smallest absolute Gasteiger partial charge is 0.230 e. The van der Waals surface area contributed by atoms with E-state index in [1.165, 1.54) is 5.56 Å². The third-order valence-electron chi connectivity index (χ3n) is 4.73. The van der Waals surface area contributed by atoms with Crippen LogP contribution in [0.3, 0.4) is 0 Å². The Balaban J connectivity index is 1.99. The molecule has 0 amide bonds. The molecule has 1 aromatic heterocycles. The Morgan fingerprint density at radius 2 is 1.96 bits per heavy atom. The maximum absolute atomic E-state index is 8.88. The number of morpholine rings is 1. The van der Waals surface area contributed by atoms with Gasteiger partial charge in [0.15, 0.2) is 0 Å². The summed E-state index contributed by atoms with van der Waals surface area (Å²) >= 11 is 5.79. The van der Waals surface area contributed by atoms with Crippen molar-refractivity contribution < 1.29 is 4.74 Å². The van der Waals surface area contributed by atoms with Crippen LogP contribution in [0.15, 0.2) is 24.3 Å². The summed E-state index contributed by atoms with van der Waals surface area (Å²) in [6.07, 6.45) is 0.496. The Hall–Kier alpha value is -2.21. The molecule has 2 heterocycles. The quantitative estimate of drug-likeness (QED) is 0.682. The van der Waals surface area contributed by atoms with E-state index >= 15 is 0 Å². The van der Waals surface area contributed by atoms with Gasteiger partial charge < -0.3 is 9.64 Å². The minimum atomic E-state index is 0.496. The fourth-order valence-corrected chi connectivity index (χ4v) is 3.39. The van der Waals surface area contributed by atoms with Crippen LogP contribution >= 0.6 is 12.2 Å². The first-order valence-corrected chi connectivity index (χ1v) is 9.73. The maximum atomic E-state index is 8.88. The minimum Gasteiger partial charge on any atom is -0.378 e. The van der Waals surface area contributed by atoms with Crippen molar-refractivity contribution in [1.29, 1.82) is 5.26 Å². The zero-order chi connectivity index (χ0) is 19.2. The third-order valence-corrected chi connectivity index (χ3v) is 5.12. The summed E-state index contributed by atoms with van der Waals surface area (Å²) in [4.78, 5) is 4.40. The summed E-state index contributed by atoms with van der Waals surface area (Å²) < 4.78 is 10.1. The van der Waals surface area contributed by atoms with Gasteiger partial charge in [-0.2, -0.15) is 5.26 Å². The van der Waals surface area contributed by atoms with Crippen molar-refractivity contribution in [2.45, 2.75) is 26.9 Å². The standard InChI is InChI=1S/C19H26N6OS/c1-3-22(10-4-9-20)15-24-19(27)25(17-7-5-16(2)6-8-17)18(21-24)23-11-13-26-14-12-23/h5-8H,3-4,10-15H2,1-2H3. The third kappa shape index (κ3) is 4.56. The van der Waals surface area contributed by atoms with E-state index in [4.69, 9.17) is 27.3 Å². The highest BCUT2D eigenvalue weighted by Crippen LogP contribution is 2.21. The van der Waals surface area contributed by atoms with Crippen molar-refractivity contribution in [3.05, 3.63) is 34.6 Å². The van der Waals surface area contributed by atoms with Gasteiger partial charge in [-0.3, -0.25) is 9.47 Å². The summed E-state index contributed by atoms with van der Waals surface area (Å²) in [5.74, 6) is 0.850. The van der Waals surface area contributed by atoms with Crippen LogP contribution < -0.4 is 4.90 Å². The van der Waals surface area contributed by atoms with E-state index in [0.717, 1.165) is 31.3 Å². The zero-order valence-corrected chi connectivity index (χ0v) is 16.8. The molecule has 3 rings (SSSR count). The molecule has 0 saturated carbocycles. The molecule has 1 aliphatic heterocycles. The highest BCUT2D eigenvalue weighted by molar-refractivity contribution is 7.71. The lowest BCUT2D eigenvalue weighted by atomic mass is 10.2. The number of benzene rings is 1. The number of rotatable bonds is 7. The van der Waals surface area contributed by atoms with Crippen LogP contribution in [0.5, 0.6) is 0 Å². The number of aryl methyl sites for hydroxylation is 1. The van der Waals surface area contributed by atoms with E-state index < -0.39 is 0 Å². The average Bonchev–Trinajstić information content (AvgIpc) is 3.02. The van der Waals surface area contributed by atoms with Gasteiger partial charge in [0.1, 0.15) is 0 Å². The molecule has 27 heavy (non-hydrogen) atoms. The highest BCUT2D eigenvalue weighted by atomic mass is 32.1. The van der Waals surface area contributed by atoms with Crippen LogP contribution in [0.2, 0.25) is 0 Å². The van der Waals surface area contributed by atoms with E-state index in [1.807, 2.05) is 9.25 Å². The largest absolute Gasteiger partial charge is 0.378 e. The Morgan fingerprint density at radius 1 is 1.26 bits per heavy atom. The first kappa shape index (κ1) is 19.5. The molecule has 1 aliphatic rings. The summed E-state index contributed by atoms with van der Waals surface area (Å²) in [5, 5.41) is 13.7. The summed E-state index contributed by atoms with van der Waals surface area (Å²) in [7, 11) is 0. The number of anilines is 1. The molecular weight excluding hydrogens is 360 g/mol. The van der Waals surface area contributed by atoms with Gasteiger partial charge in [0.2, 0.25) is 10.7 Å². The lowest BCUT2D eigenvalue weighted by Gasteiger charge is -2.27. The molecule has 1 fully saturated rings. The van der Waals surface area contributed by atoms with Gasteiger partial charge in [0, 0.05) is 26.1 Å². The molecule has 1 aromatic carbocycles. The van der Waals surface area contributed by atoms with E-state index in [2.05, 4.69) is 54.0 Å². The molecule has 0 radical (unpaired) electrons. The Kier molecular flexibility index (Phi) is 6.61. The van der Waals surface area contributed by atoms with Gasteiger partial charge in [0.05, 0.1) is 31.6 Å². The zero-order valence-electron chi connectivity index (χ0n) is 16.0. The average molecular weight is 387 g/mol. The van der Waals surface area contributed by atoms with Gasteiger partial charge in [-0.15, -0.1) is 5.10 Å². The van der Waals surface area contributed by atoms with E-state index in [0.29, 0.717) is 37.6 Å². The molecule has 7 nitrogen and oxygen atoms in total. The highest BCUT2D eigenvalue weighted by Gasteiger charge is 2.21. The van der Waals surface area contributed by atoms with Crippen LogP contribution in [-0.2, 0) is 11.4 Å². The topological polar surface area (TPSA) is 62.3 Å². The van der Waals surface area contributed by atoms with Gasteiger partial charge in [0.25, 0.3) is 0 Å². The molecule has 1 saturated heterocycles. The molecule has 2 aromatic rings. The van der Waals surface area contributed by atoms with E-state index in [-0.39, 0.29) is 0 Å². The number of nitrogens with zero attached hydrogens (tertiary/aromatic N) is 6. The van der Waals surface area contributed by atoms with Crippen molar-refractivity contribution in [3.8, 4) is 11.8 Å². The SMILES string of the molecule is CCN(CCC#N)Cn1nc(N2CCOCC2)n(-c2ccc(C)cc2)c1=S. The molecular formula is C19H26N6OS. The van der Waals surface area contributed by atoms with Crippen LogP contribution in [0, 0.1) is 23.0 Å². The van der Waals surface area contributed by atoms with Crippen LogP contribution in [-0.4, -0.2) is 58.6 Å². The molecule has 0 N–H and O–H groups in total. The summed E-state index contributed by atoms with van der Waals surface area (Å²) in [6, 6.07) is 10.5. The molecule has 0 spiro atoms. The molecule has 8 heteroatoms. The first-order valence-electron chi connectivity index (χ1n) is 9.33. The number of ether oxygens (including phenoxy) is 1. The second-order valence-electron chi connectivity index (χ2n) is 6.61. The van der Waals surface area contributed by atoms with Crippen molar-refractivity contribution in [3.63, 3.8) is 0 Å². The lowest BCUT2D eigenvalue weighted by Crippen LogP contribution is -2.38. The lowest BCUT2D eigenvalue weighted by molar-refractivity contribution is 0.121. The number of hydrogen-bond acceptors (Lipinski definition) is 6. The molecule has 0 unspecified atom stereocenters. The maximum Gasteiger partial charge on any atom is 0.230 e. The second-order valence-corrected chi connectivity index (χ2v) is 6.98. The van der Waals surface area contributed by atoms with Gasteiger partial charge in [-0.25, -0.2) is 4.68 Å². The summed E-state index contributed by atoms with van der Waals surface area (Å²) in [5.41, 5.74) is 2.22. The van der Waals surface area contributed by atoms with Gasteiger partial charge >= 0.3 is 0 Å². The van der Waals surface area contributed by atoms with Crippen molar-refractivity contribution in [2.24, 2.45) is 0 Å². The van der Waals surface area contributed by atoms with Crippen LogP contribution in [0.25, 0.3) is 5.69 Å². The van der Waals surface area contributed by atoms with E-state index in [9.17, 15) is 0 Å². The Morgan fingerprint density at radius 3 is 2.59 bits per heavy atom. The monoisotopic (exact) mass is 386 g/mol. The Labute approximate surface area is 165 Å². The predicted octanol–water partition coefficient (Wildman–Crippen LogP) is 2.74. The minimum absolute atomic E-state index is 0.496. The molecule has 144 valence electrons. The number of hydrogen-bond donors (Lipinski definition) is 0. The van der Waals surface area contributed by atoms with Gasteiger partial charge in [-0.1, -0.05) is 24.6 Å². The van der Waals surface area contributed by atoms with Crippen LogP contribution in [0.4, 0.5) is 5.95 Å². The van der Waals surface area contributed by atoms with Crippen molar-refractivity contribution >= 4 is 18.2 Å². The number of nitriles is 1. The van der Waals surface area contributed by atoms with E-state index in [1.54, 1.807) is 0 Å². The molecule has 0 bridgehead atoms. The Bertz CT molecular complexity index is 845. The normalized spacial score (nSPS) is 14.5. The number of aromatic nitrogens is 3. The predicted molar refractivity (Wildman–Crippen MR) is 108 cm³/mol. The summed E-state index contributed by atoms with van der Waals surface area (Å²) in [6.45, 7) is 9.26. The van der Waals surface area contributed by atoms with Gasteiger partial charge in [-0.05, 0) is 37.8 Å².